The Morgan fingerprint density at radius 3 is 2.68 bits per heavy atom. The number of rotatable bonds is 4. The smallest absolute Gasteiger partial charge is 0.272 e. The third-order valence-electron chi connectivity index (χ3n) is 4.04. The molecule has 3 rings (SSSR count). The number of nitro benzene ring substituents is 1. The van der Waals surface area contributed by atoms with Crippen molar-refractivity contribution in [2.24, 2.45) is 0 Å². The molecular weight excluding hydrogens is 349 g/mol. The van der Waals surface area contributed by atoms with Crippen LogP contribution in [-0.2, 0) is 23.0 Å². The topological polar surface area (TPSA) is 92.6 Å². The Bertz CT molecular complexity index is 946. The summed E-state index contributed by atoms with van der Waals surface area (Å²) in [5.74, 6) is -0.650. The predicted octanol–water partition coefficient (Wildman–Crippen LogP) is 2.67. The van der Waals surface area contributed by atoms with Crippen LogP contribution >= 0.6 is 0 Å². The molecule has 0 unspecified atom stereocenters. The van der Waals surface area contributed by atoms with Crippen LogP contribution in [0.2, 0.25) is 0 Å². The van der Waals surface area contributed by atoms with E-state index in [1.807, 2.05) is 6.07 Å². The molecule has 0 saturated carbocycles. The van der Waals surface area contributed by atoms with Crippen molar-refractivity contribution < 1.29 is 17.7 Å². The van der Waals surface area contributed by atoms with Crippen LogP contribution in [0.25, 0.3) is 0 Å². The zero-order valence-electron chi connectivity index (χ0n) is 13.4. The molecule has 2 aromatic rings. The van der Waals surface area contributed by atoms with Crippen LogP contribution in [0.15, 0.2) is 36.4 Å². The molecule has 1 aliphatic rings. The highest BCUT2D eigenvalue weighted by atomic mass is 32.2. The molecule has 1 N–H and O–H groups in total. The molecule has 1 aliphatic heterocycles. The maximum atomic E-state index is 14.2. The van der Waals surface area contributed by atoms with Crippen molar-refractivity contribution in [2.45, 2.75) is 13.0 Å². The van der Waals surface area contributed by atoms with E-state index in [-0.39, 0.29) is 11.4 Å². The van der Waals surface area contributed by atoms with E-state index in [2.05, 4.69) is 4.72 Å². The van der Waals surface area contributed by atoms with E-state index in [4.69, 9.17) is 0 Å². The van der Waals surface area contributed by atoms with Crippen molar-refractivity contribution >= 4 is 27.1 Å². The highest BCUT2D eigenvalue weighted by molar-refractivity contribution is 7.92. The fourth-order valence-corrected chi connectivity index (χ4v) is 3.57. The van der Waals surface area contributed by atoms with Crippen LogP contribution in [0.1, 0.15) is 11.1 Å². The summed E-state index contributed by atoms with van der Waals surface area (Å²) >= 11 is 0. The van der Waals surface area contributed by atoms with Crippen molar-refractivity contribution in [1.29, 1.82) is 0 Å². The van der Waals surface area contributed by atoms with Gasteiger partial charge in [0.1, 0.15) is 0 Å². The van der Waals surface area contributed by atoms with E-state index in [0.717, 1.165) is 23.4 Å². The number of hydrogen-bond donors (Lipinski definition) is 1. The highest BCUT2D eigenvalue weighted by Crippen LogP contribution is 2.32. The third-order valence-corrected chi connectivity index (χ3v) is 4.63. The van der Waals surface area contributed by atoms with E-state index in [1.165, 1.54) is 12.1 Å². The Morgan fingerprint density at radius 1 is 1.28 bits per heavy atom. The van der Waals surface area contributed by atoms with Gasteiger partial charge in [-0.15, -0.1) is 0 Å². The van der Waals surface area contributed by atoms with E-state index < -0.39 is 20.8 Å². The van der Waals surface area contributed by atoms with Gasteiger partial charge in [-0.1, -0.05) is 12.1 Å². The summed E-state index contributed by atoms with van der Waals surface area (Å²) in [6.07, 6.45) is 1.62. The first kappa shape index (κ1) is 17.2. The molecule has 25 heavy (non-hydrogen) atoms. The molecular formula is C16H16FN3O4S. The minimum absolute atomic E-state index is 0.290. The van der Waals surface area contributed by atoms with E-state index in [1.54, 1.807) is 17.0 Å². The Balaban J connectivity index is 1.89. The summed E-state index contributed by atoms with van der Waals surface area (Å²) < 4.78 is 39.7. The third kappa shape index (κ3) is 3.71. The number of hydrogen-bond acceptors (Lipinski definition) is 5. The van der Waals surface area contributed by atoms with Crippen molar-refractivity contribution in [2.75, 3.05) is 22.4 Å². The van der Waals surface area contributed by atoms with Crippen molar-refractivity contribution in [3.05, 3.63) is 63.5 Å². The molecule has 9 heteroatoms. The SMILES string of the molecule is CS(=O)(=O)Nc1cccc2c1CCN(c1ccc([N+](=O)[O-])cc1F)C2. The van der Waals surface area contributed by atoms with Crippen molar-refractivity contribution in [3.8, 4) is 0 Å². The molecule has 0 aliphatic carbocycles. The molecule has 0 saturated heterocycles. The van der Waals surface area contributed by atoms with Gasteiger partial charge in [0.15, 0.2) is 5.82 Å². The van der Waals surface area contributed by atoms with Gasteiger partial charge in [-0.05, 0) is 29.7 Å². The molecule has 0 atom stereocenters. The van der Waals surface area contributed by atoms with Gasteiger partial charge in [0.05, 0.1) is 28.6 Å². The Kier molecular flexibility index (Phi) is 4.34. The lowest BCUT2D eigenvalue weighted by molar-refractivity contribution is -0.385. The van der Waals surface area contributed by atoms with Crippen LogP contribution in [0.4, 0.5) is 21.5 Å². The highest BCUT2D eigenvalue weighted by Gasteiger charge is 2.23. The van der Waals surface area contributed by atoms with E-state index in [9.17, 15) is 22.9 Å². The minimum atomic E-state index is -3.38. The molecule has 0 spiro atoms. The van der Waals surface area contributed by atoms with Crippen molar-refractivity contribution in [1.82, 2.24) is 0 Å². The average molecular weight is 365 g/mol. The van der Waals surface area contributed by atoms with Gasteiger partial charge in [-0.3, -0.25) is 14.8 Å². The Morgan fingerprint density at radius 2 is 2.04 bits per heavy atom. The largest absolute Gasteiger partial charge is 0.364 e. The summed E-state index contributed by atoms with van der Waals surface area (Å²) in [5.41, 5.74) is 2.30. The first-order valence-corrected chi connectivity index (χ1v) is 9.41. The van der Waals surface area contributed by atoms with E-state index >= 15 is 0 Å². The van der Waals surface area contributed by atoms with Crippen LogP contribution in [0.5, 0.6) is 0 Å². The lowest BCUT2D eigenvalue weighted by atomic mass is 9.97. The number of non-ortho nitro benzene ring substituents is 1. The first-order valence-electron chi connectivity index (χ1n) is 7.52. The molecule has 0 aromatic heterocycles. The van der Waals surface area contributed by atoms with Crippen LogP contribution in [-0.4, -0.2) is 26.1 Å². The second-order valence-electron chi connectivity index (χ2n) is 5.88. The lowest BCUT2D eigenvalue weighted by Crippen LogP contribution is -2.31. The fourth-order valence-electron chi connectivity index (χ4n) is 2.98. The van der Waals surface area contributed by atoms with Crippen LogP contribution < -0.4 is 9.62 Å². The number of sulfonamides is 1. The van der Waals surface area contributed by atoms with Gasteiger partial charge in [-0.2, -0.15) is 0 Å². The molecule has 0 fully saturated rings. The number of nitrogens with zero attached hydrogens (tertiary/aromatic N) is 2. The van der Waals surface area contributed by atoms with Crippen LogP contribution in [0.3, 0.4) is 0 Å². The molecule has 0 amide bonds. The fraction of sp³-hybridized carbons (Fsp3) is 0.250. The molecule has 2 aromatic carbocycles. The van der Waals surface area contributed by atoms with Gasteiger partial charge in [0, 0.05) is 19.2 Å². The number of nitro groups is 1. The predicted molar refractivity (Wildman–Crippen MR) is 92.7 cm³/mol. The van der Waals surface area contributed by atoms with Crippen LogP contribution in [0, 0.1) is 15.9 Å². The average Bonchev–Trinajstić information content (AvgIpc) is 2.53. The summed E-state index contributed by atoms with van der Waals surface area (Å²) in [7, 11) is -3.38. The number of benzene rings is 2. The Labute approximate surface area is 144 Å². The van der Waals surface area contributed by atoms with Gasteiger partial charge >= 0.3 is 0 Å². The number of nitrogens with one attached hydrogen (secondary N) is 1. The monoisotopic (exact) mass is 365 g/mol. The molecule has 0 bridgehead atoms. The van der Waals surface area contributed by atoms with E-state index in [0.29, 0.717) is 25.2 Å². The summed E-state index contributed by atoms with van der Waals surface area (Å²) in [5, 5.41) is 10.7. The molecule has 0 radical (unpaired) electrons. The minimum Gasteiger partial charge on any atom is -0.364 e. The standard InChI is InChI=1S/C16H16FN3O4S/c1-25(23,24)18-15-4-2-3-11-10-19(8-7-13(11)15)16-6-5-12(20(21)22)9-14(16)17/h2-6,9,18H,7-8,10H2,1H3. The molecule has 132 valence electrons. The van der Waals surface area contributed by atoms with Gasteiger partial charge < -0.3 is 4.90 Å². The Hall–Kier alpha value is -2.68. The first-order chi connectivity index (χ1) is 11.7. The zero-order valence-corrected chi connectivity index (χ0v) is 14.2. The normalized spacial score (nSPS) is 14.1. The second-order valence-corrected chi connectivity index (χ2v) is 7.63. The van der Waals surface area contributed by atoms with Gasteiger partial charge in [0.2, 0.25) is 10.0 Å². The quantitative estimate of drug-likeness (QED) is 0.664. The summed E-state index contributed by atoms with van der Waals surface area (Å²) in [6.45, 7) is 0.869. The maximum absolute atomic E-state index is 14.2. The van der Waals surface area contributed by atoms with Crippen molar-refractivity contribution in [3.63, 3.8) is 0 Å². The maximum Gasteiger partial charge on any atom is 0.272 e. The summed E-state index contributed by atoms with van der Waals surface area (Å²) in [4.78, 5) is 11.9. The number of fused-ring (bicyclic) bond motifs is 1. The summed E-state index contributed by atoms with van der Waals surface area (Å²) in [6, 6.07) is 8.88. The molecule has 1 heterocycles. The molecule has 7 nitrogen and oxygen atoms in total. The van der Waals surface area contributed by atoms with Gasteiger partial charge in [-0.25, -0.2) is 12.8 Å². The zero-order chi connectivity index (χ0) is 18.2. The second kappa shape index (κ2) is 6.32. The lowest BCUT2D eigenvalue weighted by Gasteiger charge is -2.32. The van der Waals surface area contributed by atoms with Gasteiger partial charge in [0.25, 0.3) is 5.69 Å². The number of halogens is 1. The number of anilines is 2.